The third-order valence-electron chi connectivity index (χ3n) is 8.40. The largest absolute Gasteiger partial charge is 3.00 e. The molecular weight excluding hydrogens is 659 g/mol. The molecule has 0 aromatic heterocycles. The summed E-state index contributed by atoms with van der Waals surface area (Å²) < 4.78 is 0. The predicted molar refractivity (Wildman–Crippen MR) is 174 cm³/mol. The predicted octanol–water partition coefficient (Wildman–Crippen LogP) is 4.78. The van der Waals surface area contributed by atoms with Crippen molar-refractivity contribution in [2.24, 2.45) is 0 Å². The van der Waals surface area contributed by atoms with Gasteiger partial charge in [-0.15, -0.1) is 16.7 Å². The van der Waals surface area contributed by atoms with Crippen molar-refractivity contribution in [3.63, 3.8) is 0 Å². The molecule has 5 aromatic rings. The average Bonchev–Trinajstić information content (AvgIpc) is 3.56. The van der Waals surface area contributed by atoms with E-state index in [1.165, 1.54) is 80.1 Å². The van der Waals surface area contributed by atoms with Crippen molar-refractivity contribution in [1.29, 1.82) is 0 Å². The maximum absolute atomic E-state index is 3.75. The minimum absolute atomic E-state index is 0. The van der Waals surface area contributed by atoms with Gasteiger partial charge in [0.15, 0.2) is 0 Å². The second-order valence-corrected chi connectivity index (χ2v) is 12.1. The average molecular weight is 696 g/mol. The maximum atomic E-state index is 3.75. The van der Waals surface area contributed by atoms with E-state index in [1.54, 1.807) is 5.57 Å². The van der Waals surface area contributed by atoms with Crippen LogP contribution in [-0.2, 0) is 32.6 Å². The molecule has 0 fully saturated rings. The van der Waals surface area contributed by atoms with Crippen molar-refractivity contribution < 1.29 is 51.0 Å². The standard InChI is InChI=1S/C37H31.C2H6Si.2ClH.Zr/c1-2-3-4-14-27-24-36-32(30-18-9-15-25-12-5-7-16-28(25)30)20-11-22-34(36)37(27)33-21-10-19-31-29-17-8-6-13-26(29)23-35(31)33;1-3-2;;;/h5-13,15-20,22,24,37H,2-4,14,23H2,1H3;1-2H3;2*1H;/q-1;;;;+3/p-2. The van der Waals surface area contributed by atoms with E-state index in [4.69, 9.17) is 0 Å². The van der Waals surface area contributed by atoms with Crippen LogP contribution in [0.15, 0.2) is 103 Å². The zero-order valence-electron chi connectivity index (χ0n) is 25.2. The summed E-state index contributed by atoms with van der Waals surface area (Å²) in [6.07, 6.45) is 8.45. The van der Waals surface area contributed by atoms with E-state index in [0.717, 1.165) is 22.4 Å². The van der Waals surface area contributed by atoms with Crippen LogP contribution in [0, 0.1) is 6.07 Å². The number of unbranched alkanes of at least 4 members (excludes halogenated alkanes) is 2. The number of hydrogen-bond donors (Lipinski definition) is 0. The number of allylic oxidation sites excluding steroid dienone is 1. The Balaban J connectivity index is 0.000000812. The molecular formula is C39H37Cl2SiZr. The summed E-state index contributed by atoms with van der Waals surface area (Å²) in [5, 5.41) is 2.62. The number of fused-ring (bicyclic) bond motifs is 5. The van der Waals surface area contributed by atoms with E-state index in [0.29, 0.717) is 0 Å². The van der Waals surface area contributed by atoms with Crippen molar-refractivity contribution in [2.45, 2.75) is 58.0 Å². The first-order valence-corrected chi connectivity index (χ1v) is 16.8. The van der Waals surface area contributed by atoms with Gasteiger partial charge in [-0.1, -0.05) is 129 Å². The summed E-state index contributed by atoms with van der Waals surface area (Å²) >= 11 is 0. The van der Waals surface area contributed by atoms with Gasteiger partial charge < -0.3 is 24.8 Å². The number of benzene rings is 5. The zero-order valence-corrected chi connectivity index (χ0v) is 30.2. The van der Waals surface area contributed by atoms with Gasteiger partial charge in [-0.3, -0.25) is 0 Å². The van der Waals surface area contributed by atoms with Crippen molar-refractivity contribution in [1.82, 2.24) is 0 Å². The van der Waals surface area contributed by atoms with Gasteiger partial charge >= 0.3 is 26.2 Å². The topological polar surface area (TPSA) is 0 Å². The summed E-state index contributed by atoms with van der Waals surface area (Å²) in [6.45, 7) is 6.60. The van der Waals surface area contributed by atoms with Crippen LogP contribution in [0.5, 0.6) is 0 Å². The van der Waals surface area contributed by atoms with Crippen molar-refractivity contribution in [3.8, 4) is 22.3 Å². The molecule has 0 heterocycles. The first kappa shape index (κ1) is 35.3. The minimum atomic E-state index is 0. The van der Waals surface area contributed by atoms with E-state index in [-0.39, 0.29) is 56.9 Å². The molecule has 0 spiro atoms. The molecule has 5 aromatic carbocycles. The summed E-state index contributed by atoms with van der Waals surface area (Å²) in [4.78, 5) is 0. The molecule has 4 heteroatoms. The Labute approximate surface area is 292 Å². The van der Waals surface area contributed by atoms with Gasteiger partial charge in [-0.25, -0.2) is 0 Å². The fraction of sp³-hybridized carbons (Fsp3) is 0.231. The first-order valence-electron chi connectivity index (χ1n) is 14.8. The summed E-state index contributed by atoms with van der Waals surface area (Å²) in [7, 11) is 1.08. The Morgan fingerprint density at radius 3 is 2.23 bits per heavy atom. The van der Waals surface area contributed by atoms with Gasteiger partial charge in [0.05, 0.1) is 0 Å². The summed E-state index contributed by atoms with van der Waals surface area (Å²) in [5.74, 6) is 0.283. The fourth-order valence-electron chi connectivity index (χ4n) is 6.67. The van der Waals surface area contributed by atoms with E-state index in [2.05, 4.69) is 129 Å². The molecule has 3 radical (unpaired) electrons. The molecule has 43 heavy (non-hydrogen) atoms. The van der Waals surface area contributed by atoms with Gasteiger partial charge in [0.2, 0.25) is 0 Å². The molecule has 7 rings (SSSR count). The van der Waals surface area contributed by atoms with Gasteiger partial charge in [-0.05, 0) is 63.4 Å². The van der Waals surface area contributed by atoms with Gasteiger partial charge in [0.25, 0.3) is 0 Å². The van der Waals surface area contributed by atoms with Crippen molar-refractivity contribution in [3.05, 3.63) is 137 Å². The molecule has 0 bridgehead atoms. The molecule has 0 N–H and O–H groups in total. The SMILES string of the molecule is CCCCCC1=Cc2c(-c3cccc4ccccc34)cccc2C1c1[c-]ccc2c1Cc1ccccc1-2.C[Si]C.[Cl-].[Cl-].[Zr+3]. The molecule has 0 amide bonds. The van der Waals surface area contributed by atoms with Crippen LogP contribution in [-0.4, -0.2) is 9.52 Å². The normalized spacial score (nSPS) is 13.7. The molecule has 0 saturated heterocycles. The second-order valence-electron chi connectivity index (χ2n) is 11.1. The van der Waals surface area contributed by atoms with Crippen LogP contribution in [0.3, 0.4) is 0 Å². The first-order chi connectivity index (χ1) is 19.7. The van der Waals surface area contributed by atoms with Gasteiger partial charge in [-0.2, -0.15) is 18.2 Å². The minimum Gasteiger partial charge on any atom is -1.00 e. The maximum Gasteiger partial charge on any atom is 3.00 e. The van der Waals surface area contributed by atoms with Gasteiger partial charge in [0.1, 0.15) is 0 Å². The van der Waals surface area contributed by atoms with Crippen LogP contribution >= 0.6 is 0 Å². The third-order valence-corrected chi connectivity index (χ3v) is 8.40. The Bertz CT molecular complexity index is 1700. The summed E-state index contributed by atoms with van der Waals surface area (Å²) in [5.41, 5.74) is 14.2. The van der Waals surface area contributed by atoms with E-state index in [1.807, 2.05) is 0 Å². The Morgan fingerprint density at radius 1 is 0.744 bits per heavy atom. The van der Waals surface area contributed by atoms with E-state index >= 15 is 0 Å². The number of rotatable bonds is 6. The monoisotopic (exact) mass is 693 g/mol. The Morgan fingerprint density at radius 2 is 1.42 bits per heavy atom. The third kappa shape index (κ3) is 6.89. The summed E-state index contributed by atoms with van der Waals surface area (Å²) in [6, 6.07) is 39.5. The van der Waals surface area contributed by atoms with E-state index in [9.17, 15) is 0 Å². The molecule has 2 aliphatic carbocycles. The van der Waals surface area contributed by atoms with Crippen molar-refractivity contribution in [2.75, 3.05) is 0 Å². The molecule has 0 saturated carbocycles. The molecule has 215 valence electrons. The Kier molecular flexibility index (Phi) is 13.3. The zero-order chi connectivity index (χ0) is 27.5. The van der Waals surface area contributed by atoms with Crippen LogP contribution < -0.4 is 24.8 Å². The molecule has 1 atom stereocenters. The second kappa shape index (κ2) is 16.2. The quantitative estimate of drug-likeness (QED) is 0.134. The fourth-order valence-corrected chi connectivity index (χ4v) is 6.67. The Hall–Kier alpha value is -2.22. The van der Waals surface area contributed by atoms with Gasteiger partial charge in [0, 0.05) is 15.4 Å². The number of hydrogen-bond acceptors (Lipinski definition) is 0. The number of halogens is 2. The van der Waals surface area contributed by atoms with Crippen LogP contribution in [0.1, 0.15) is 66.3 Å². The van der Waals surface area contributed by atoms with Crippen LogP contribution in [0.25, 0.3) is 39.1 Å². The van der Waals surface area contributed by atoms with Crippen LogP contribution in [0.2, 0.25) is 13.1 Å². The molecule has 0 nitrogen and oxygen atoms in total. The smallest absolute Gasteiger partial charge is 1.00 e. The molecule has 2 aliphatic rings. The van der Waals surface area contributed by atoms with E-state index < -0.39 is 0 Å². The molecule has 1 unspecified atom stereocenters. The van der Waals surface area contributed by atoms with Crippen LogP contribution in [0.4, 0.5) is 0 Å². The molecule has 0 aliphatic heterocycles. The van der Waals surface area contributed by atoms with Crippen molar-refractivity contribution >= 4 is 26.4 Å².